The van der Waals surface area contributed by atoms with Crippen LogP contribution < -0.4 is 20.1 Å². The third-order valence-corrected chi connectivity index (χ3v) is 5.32. The van der Waals surface area contributed by atoms with Crippen LogP contribution in [-0.4, -0.2) is 45.1 Å². The molecule has 0 radical (unpaired) electrons. The van der Waals surface area contributed by atoms with Crippen molar-refractivity contribution >= 4 is 21.7 Å². The molecule has 9 heteroatoms. The fraction of sp³-hybridized carbons (Fsp3) is 0.300. The van der Waals surface area contributed by atoms with Crippen LogP contribution in [0.5, 0.6) is 11.5 Å². The van der Waals surface area contributed by atoms with Gasteiger partial charge in [-0.1, -0.05) is 24.3 Å². The molecule has 0 aliphatic carbocycles. The number of sulfone groups is 1. The minimum atomic E-state index is -3.29. The molecule has 2 aromatic rings. The van der Waals surface area contributed by atoms with E-state index in [2.05, 4.69) is 10.6 Å². The maximum absolute atomic E-state index is 12.7. The topological polar surface area (TPSA) is 111 Å². The smallest absolute Gasteiger partial charge is 0.251 e. The third-order valence-electron chi connectivity index (χ3n) is 4.34. The Morgan fingerprint density at radius 2 is 1.79 bits per heavy atom. The molecule has 3 rings (SSSR count). The second-order valence-corrected chi connectivity index (χ2v) is 8.98. The monoisotopic (exact) mass is 418 g/mol. The number of amides is 2. The number of benzene rings is 2. The molecule has 0 bridgehead atoms. The standard InChI is InChI=1S/C20H22N2O6S/c1-29(25,26)10-9-16(22-19(23)15-5-3-2-4-6-15)20(24)21-12-14-7-8-17-18(11-14)28-13-27-17/h2-8,11,16H,9-10,12-13H2,1H3,(H,21,24)(H,22,23)/t16-/m1/s1. The second kappa shape index (κ2) is 8.95. The normalized spacial score (nSPS) is 13.6. The van der Waals surface area contributed by atoms with Crippen LogP contribution in [0.4, 0.5) is 0 Å². The van der Waals surface area contributed by atoms with Gasteiger partial charge in [-0.2, -0.15) is 0 Å². The molecule has 0 unspecified atom stereocenters. The van der Waals surface area contributed by atoms with Crippen molar-refractivity contribution in [3.05, 3.63) is 59.7 Å². The second-order valence-electron chi connectivity index (χ2n) is 6.72. The summed E-state index contributed by atoms with van der Waals surface area (Å²) in [6.45, 7) is 0.357. The summed E-state index contributed by atoms with van der Waals surface area (Å²) < 4.78 is 33.6. The predicted molar refractivity (Wildman–Crippen MR) is 106 cm³/mol. The maximum Gasteiger partial charge on any atom is 0.251 e. The van der Waals surface area contributed by atoms with E-state index in [-0.39, 0.29) is 25.5 Å². The van der Waals surface area contributed by atoms with Gasteiger partial charge in [0.2, 0.25) is 12.7 Å². The van der Waals surface area contributed by atoms with E-state index >= 15 is 0 Å². The number of carbonyl (C=O) groups excluding carboxylic acids is 2. The Hall–Kier alpha value is -3.07. The van der Waals surface area contributed by atoms with Crippen molar-refractivity contribution in [2.24, 2.45) is 0 Å². The number of hydrogen-bond acceptors (Lipinski definition) is 6. The van der Waals surface area contributed by atoms with Crippen LogP contribution in [0.1, 0.15) is 22.3 Å². The third kappa shape index (κ3) is 5.95. The Morgan fingerprint density at radius 1 is 1.07 bits per heavy atom. The average Bonchev–Trinajstić information content (AvgIpc) is 3.17. The van der Waals surface area contributed by atoms with E-state index < -0.39 is 27.7 Å². The lowest BCUT2D eigenvalue weighted by molar-refractivity contribution is -0.123. The molecule has 154 valence electrons. The lowest BCUT2D eigenvalue weighted by atomic mass is 10.1. The highest BCUT2D eigenvalue weighted by atomic mass is 32.2. The number of fused-ring (bicyclic) bond motifs is 1. The van der Waals surface area contributed by atoms with E-state index in [1.54, 1.807) is 48.5 Å². The molecule has 2 N–H and O–H groups in total. The van der Waals surface area contributed by atoms with Crippen molar-refractivity contribution in [2.75, 3.05) is 18.8 Å². The van der Waals surface area contributed by atoms with Gasteiger partial charge in [-0.05, 0) is 36.2 Å². The largest absolute Gasteiger partial charge is 0.454 e. The summed E-state index contributed by atoms with van der Waals surface area (Å²) in [5, 5.41) is 5.36. The Balaban J connectivity index is 1.65. The highest BCUT2D eigenvalue weighted by Gasteiger charge is 2.23. The fourth-order valence-electron chi connectivity index (χ4n) is 2.80. The summed E-state index contributed by atoms with van der Waals surface area (Å²) in [5.41, 5.74) is 1.18. The molecule has 0 aromatic heterocycles. The average molecular weight is 418 g/mol. The minimum absolute atomic E-state index is 0.0234. The number of ether oxygens (including phenoxy) is 2. The SMILES string of the molecule is CS(=O)(=O)CC[C@@H](NC(=O)c1ccccc1)C(=O)NCc1ccc2c(c1)OCO2. The Morgan fingerprint density at radius 3 is 2.52 bits per heavy atom. The molecule has 0 spiro atoms. The lowest BCUT2D eigenvalue weighted by Gasteiger charge is -2.18. The molecule has 29 heavy (non-hydrogen) atoms. The molecule has 0 saturated heterocycles. The van der Waals surface area contributed by atoms with Crippen LogP contribution in [-0.2, 0) is 21.2 Å². The summed E-state index contributed by atoms with van der Waals surface area (Å²) in [4.78, 5) is 25.1. The van der Waals surface area contributed by atoms with Crippen molar-refractivity contribution in [1.82, 2.24) is 10.6 Å². The van der Waals surface area contributed by atoms with Gasteiger partial charge >= 0.3 is 0 Å². The van der Waals surface area contributed by atoms with Gasteiger partial charge < -0.3 is 20.1 Å². The summed E-state index contributed by atoms with van der Waals surface area (Å²) in [7, 11) is -3.29. The molecule has 1 aliphatic heterocycles. The zero-order chi connectivity index (χ0) is 20.9. The van der Waals surface area contributed by atoms with Crippen molar-refractivity contribution in [3.8, 4) is 11.5 Å². The Kier molecular flexibility index (Phi) is 6.38. The van der Waals surface area contributed by atoms with Gasteiger partial charge in [-0.25, -0.2) is 8.42 Å². The van der Waals surface area contributed by atoms with Gasteiger partial charge in [0, 0.05) is 18.4 Å². The van der Waals surface area contributed by atoms with Crippen LogP contribution in [0.15, 0.2) is 48.5 Å². The summed E-state index contributed by atoms with van der Waals surface area (Å²) in [6.07, 6.45) is 1.07. The quantitative estimate of drug-likeness (QED) is 0.668. The first kappa shape index (κ1) is 20.7. The predicted octanol–water partition coefficient (Wildman–Crippen LogP) is 1.26. The molecule has 1 heterocycles. The van der Waals surface area contributed by atoms with Gasteiger partial charge in [0.15, 0.2) is 11.5 Å². The number of rotatable bonds is 8. The number of nitrogens with one attached hydrogen (secondary N) is 2. The first-order valence-corrected chi connectivity index (χ1v) is 11.1. The van der Waals surface area contributed by atoms with E-state index in [4.69, 9.17) is 9.47 Å². The van der Waals surface area contributed by atoms with Gasteiger partial charge in [-0.3, -0.25) is 9.59 Å². The molecular formula is C20H22N2O6S. The Labute approximate surface area is 169 Å². The van der Waals surface area contributed by atoms with E-state index in [0.717, 1.165) is 11.8 Å². The van der Waals surface area contributed by atoms with E-state index in [1.807, 2.05) is 0 Å². The summed E-state index contributed by atoms with van der Waals surface area (Å²) in [5.74, 6) is 0.117. The van der Waals surface area contributed by atoms with Crippen molar-refractivity contribution < 1.29 is 27.5 Å². The number of hydrogen-bond donors (Lipinski definition) is 2. The molecule has 2 aromatic carbocycles. The minimum Gasteiger partial charge on any atom is -0.454 e. The fourth-order valence-corrected chi connectivity index (χ4v) is 3.46. The molecule has 0 saturated carbocycles. The highest BCUT2D eigenvalue weighted by molar-refractivity contribution is 7.90. The zero-order valence-corrected chi connectivity index (χ0v) is 16.7. The van der Waals surface area contributed by atoms with Gasteiger partial charge in [0.25, 0.3) is 5.91 Å². The first-order valence-electron chi connectivity index (χ1n) is 9.02. The highest BCUT2D eigenvalue weighted by Crippen LogP contribution is 2.32. The molecule has 8 nitrogen and oxygen atoms in total. The van der Waals surface area contributed by atoms with E-state index in [1.165, 1.54) is 0 Å². The van der Waals surface area contributed by atoms with Gasteiger partial charge in [0.05, 0.1) is 5.75 Å². The zero-order valence-electron chi connectivity index (χ0n) is 15.9. The van der Waals surface area contributed by atoms with Crippen LogP contribution in [0.3, 0.4) is 0 Å². The van der Waals surface area contributed by atoms with E-state index in [0.29, 0.717) is 17.1 Å². The van der Waals surface area contributed by atoms with Crippen LogP contribution >= 0.6 is 0 Å². The van der Waals surface area contributed by atoms with Crippen LogP contribution in [0.25, 0.3) is 0 Å². The van der Waals surface area contributed by atoms with Crippen molar-refractivity contribution in [1.29, 1.82) is 0 Å². The molecule has 0 fully saturated rings. The molecular weight excluding hydrogens is 396 g/mol. The van der Waals surface area contributed by atoms with Crippen molar-refractivity contribution in [2.45, 2.75) is 19.0 Å². The number of carbonyl (C=O) groups is 2. The lowest BCUT2D eigenvalue weighted by Crippen LogP contribution is -2.47. The van der Waals surface area contributed by atoms with Crippen molar-refractivity contribution in [3.63, 3.8) is 0 Å². The van der Waals surface area contributed by atoms with Crippen LogP contribution in [0.2, 0.25) is 0 Å². The molecule has 2 amide bonds. The Bertz CT molecular complexity index is 991. The van der Waals surface area contributed by atoms with Crippen LogP contribution in [0, 0.1) is 0 Å². The maximum atomic E-state index is 12.7. The molecule has 1 aliphatic rings. The summed E-state index contributed by atoms with van der Waals surface area (Å²) in [6, 6.07) is 12.8. The first-order chi connectivity index (χ1) is 13.8. The van der Waals surface area contributed by atoms with Gasteiger partial charge in [0.1, 0.15) is 15.9 Å². The summed E-state index contributed by atoms with van der Waals surface area (Å²) >= 11 is 0. The van der Waals surface area contributed by atoms with E-state index in [9.17, 15) is 18.0 Å². The van der Waals surface area contributed by atoms with Gasteiger partial charge in [-0.15, -0.1) is 0 Å². The molecule has 1 atom stereocenters.